The Bertz CT molecular complexity index is 616. The molecule has 1 aromatic carbocycles. The van der Waals surface area contributed by atoms with Crippen molar-refractivity contribution in [3.63, 3.8) is 0 Å². The summed E-state index contributed by atoms with van der Waals surface area (Å²) in [6.07, 6.45) is 0. The number of benzene rings is 1. The van der Waals surface area contributed by atoms with E-state index in [9.17, 15) is 4.79 Å². The number of nitrogens with one attached hydrogen (secondary N) is 2. The van der Waals surface area contributed by atoms with Gasteiger partial charge in [-0.05, 0) is 37.6 Å². The minimum Gasteiger partial charge on any atom is -0.388 e. The van der Waals surface area contributed by atoms with Crippen molar-refractivity contribution in [1.82, 2.24) is 9.78 Å². The predicted molar refractivity (Wildman–Crippen MR) is 76.6 cm³/mol. The fourth-order valence-electron chi connectivity index (χ4n) is 1.99. The average molecular weight is 258 g/mol. The molecule has 0 saturated carbocycles. The van der Waals surface area contributed by atoms with E-state index in [0.717, 1.165) is 16.9 Å². The number of carbonyl (C=O) groups excluding carboxylic acids is 1. The minimum atomic E-state index is -0.122. The Balaban J connectivity index is 2.23. The number of hydrogen-bond donors (Lipinski definition) is 2. The maximum Gasteiger partial charge on any atom is 0.257 e. The van der Waals surface area contributed by atoms with E-state index in [1.807, 2.05) is 45.2 Å². The van der Waals surface area contributed by atoms with Crippen LogP contribution in [0.25, 0.3) is 0 Å². The molecule has 5 heteroatoms. The first-order valence-corrected chi connectivity index (χ1v) is 6.11. The van der Waals surface area contributed by atoms with Gasteiger partial charge in [0.1, 0.15) is 5.82 Å². The highest BCUT2D eigenvalue weighted by molar-refractivity contribution is 6.05. The minimum absolute atomic E-state index is 0.122. The summed E-state index contributed by atoms with van der Waals surface area (Å²) < 4.78 is 1.66. The SMILES string of the molecule is CNc1ccc(C(=O)Nc2cc(C)nn2C)c(C)c1. The molecule has 0 fully saturated rings. The number of amides is 1. The van der Waals surface area contributed by atoms with Crippen molar-refractivity contribution in [2.45, 2.75) is 13.8 Å². The predicted octanol–water partition coefficient (Wildman–Crippen LogP) is 2.33. The molecule has 100 valence electrons. The third kappa shape index (κ3) is 2.76. The number of carbonyl (C=O) groups is 1. The molecule has 2 rings (SSSR count). The smallest absolute Gasteiger partial charge is 0.257 e. The van der Waals surface area contributed by atoms with Crippen LogP contribution in [0.3, 0.4) is 0 Å². The van der Waals surface area contributed by atoms with E-state index < -0.39 is 0 Å². The van der Waals surface area contributed by atoms with Crippen molar-refractivity contribution in [3.05, 3.63) is 41.1 Å². The number of aromatic nitrogens is 2. The van der Waals surface area contributed by atoms with E-state index in [4.69, 9.17) is 0 Å². The Kier molecular flexibility index (Phi) is 3.55. The molecule has 5 nitrogen and oxygen atoms in total. The molecule has 2 aromatic rings. The number of anilines is 2. The van der Waals surface area contributed by atoms with E-state index >= 15 is 0 Å². The van der Waals surface area contributed by atoms with Crippen molar-refractivity contribution in [3.8, 4) is 0 Å². The summed E-state index contributed by atoms with van der Waals surface area (Å²) in [6, 6.07) is 7.49. The summed E-state index contributed by atoms with van der Waals surface area (Å²) in [5.41, 5.74) is 3.46. The van der Waals surface area contributed by atoms with Gasteiger partial charge in [0.15, 0.2) is 0 Å². The second-order valence-corrected chi connectivity index (χ2v) is 4.53. The second-order valence-electron chi connectivity index (χ2n) is 4.53. The Morgan fingerprint density at radius 3 is 2.53 bits per heavy atom. The van der Waals surface area contributed by atoms with Gasteiger partial charge in [-0.25, -0.2) is 0 Å². The lowest BCUT2D eigenvalue weighted by atomic mass is 10.1. The molecule has 19 heavy (non-hydrogen) atoms. The van der Waals surface area contributed by atoms with Gasteiger partial charge in [0, 0.05) is 31.4 Å². The van der Waals surface area contributed by atoms with Crippen molar-refractivity contribution in [2.75, 3.05) is 17.7 Å². The molecule has 0 aliphatic carbocycles. The van der Waals surface area contributed by atoms with Gasteiger partial charge in [-0.2, -0.15) is 5.10 Å². The van der Waals surface area contributed by atoms with Gasteiger partial charge in [-0.3, -0.25) is 9.48 Å². The molecule has 0 spiro atoms. The number of hydrogen-bond acceptors (Lipinski definition) is 3. The van der Waals surface area contributed by atoms with E-state index in [-0.39, 0.29) is 5.91 Å². The van der Waals surface area contributed by atoms with Crippen molar-refractivity contribution in [1.29, 1.82) is 0 Å². The third-order valence-corrected chi connectivity index (χ3v) is 3.00. The fourth-order valence-corrected chi connectivity index (χ4v) is 1.99. The average Bonchev–Trinajstić information content (AvgIpc) is 2.67. The van der Waals surface area contributed by atoms with Crippen molar-refractivity contribution >= 4 is 17.4 Å². The first kappa shape index (κ1) is 13.1. The zero-order valence-corrected chi connectivity index (χ0v) is 11.6. The van der Waals surface area contributed by atoms with E-state index in [2.05, 4.69) is 15.7 Å². The van der Waals surface area contributed by atoms with Crippen LogP contribution in [0.5, 0.6) is 0 Å². The van der Waals surface area contributed by atoms with Crippen LogP contribution in [0.4, 0.5) is 11.5 Å². The maximum atomic E-state index is 12.2. The van der Waals surface area contributed by atoms with Crippen LogP contribution < -0.4 is 10.6 Å². The van der Waals surface area contributed by atoms with E-state index in [0.29, 0.717) is 11.4 Å². The largest absolute Gasteiger partial charge is 0.388 e. The highest BCUT2D eigenvalue weighted by atomic mass is 16.1. The molecule has 2 N–H and O–H groups in total. The van der Waals surface area contributed by atoms with Gasteiger partial charge < -0.3 is 10.6 Å². The van der Waals surface area contributed by atoms with Crippen LogP contribution in [0.1, 0.15) is 21.6 Å². The van der Waals surface area contributed by atoms with Gasteiger partial charge >= 0.3 is 0 Å². The van der Waals surface area contributed by atoms with Crippen molar-refractivity contribution < 1.29 is 4.79 Å². The Morgan fingerprint density at radius 1 is 1.26 bits per heavy atom. The summed E-state index contributed by atoms with van der Waals surface area (Å²) in [4.78, 5) is 12.2. The Labute approximate surface area is 112 Å². The van der Waals surface area contributed by atoms with Crippen molar-refractivity contribution in [2.24, 2.45) is 7.05 Å². The number of rotatable bonds is 3. The van der Waals surface area contributed by atoms with Crippen LogP contribution in [-0.4, -0.2) is 22.7 Å². The Morgan fingerprint density at radius 2 is 2.00 bits per heavy atom. The summed E-state index contributed by atoms with van der Waals surface area (Å²) >= 11 is 0. The van der Waals surface area contributed by atoms with Crippen LogP contribution in [0.15, 0.2) is 24.3 Å². The summed E-state index contributed by atoms with van der Waals surface area (Å²) in [6.45, 7) is 3.81. The maximum absolute atomic E-state index is 12.2. The standard InChI is InChI=1S/C14H18N4O/c1-9-7-11(15-3)5-6-12(9)14(19)16-13-8-10(2)17-18(13)4/h5-8,15H,1-4H3,(H,16,19). The zero-order chi connectivity index (χ0) is 14.0. The van der Waals surface area contributed by atoms with Gasteiger partial charge in [0.2, 0.25) is 0 Å². The molecule has 1 aromatic heterocycles. The van der Waals surface area contributed by atoms with Gasteiger partial charge in [0.25, 0.3) is 5.91 Å². The molecule has 0 aliphatic rings. The summed E-state index contributed by atoms with van der Waals surface area (Å²) in [7, 11) is 3.66. The monoisotopic (exact) mass is 258 g/mol. The molecular formula is C14H18N4O. The second kappa shape index (κ2) is 5.14. The number of nitrogens with zero attached hydrogens (tertiary/aromatic N) is 2. The fraction of sp³-hybridized carbons (Fsp3) is 0.286. The van der Waals surface area contributed by atoms with E-state index in [1.165, 1.54) is 0 Å². The molecule has 0 bridgehead atoms. The lowest BCUT2D eigenvalue weighted by molar-refractivity contribution is 0.102. The van der Waals surface area contributed by atoms with Crippen LogP contribution in [0, 0.1) is 13.8 Å². The lowest BCUT2D eigenvalue weighted by Crippen LogP contribution is -2.15. The van der Waals surface area contributed by atoms with Gasteiger partial charge in [-0.15, -0.1) is 0 Å². The van der Waals surface area contributed by atoms with Crippen LogP contribution in [0.2, 0.25) is 0 Å². The summed E-state index contributed by atoms with van der Waals surface area (Å²) in [5.74, 6) is 0.572. The highest BCUT2D eigenvalue weighted by Gasteiger charge is 2.12. The Hall–Kier alpha value is -2.30. The third-order valence-electron chi connectivity index (χ3n) is 3.00. The summed E-state index contributed by atoms with van der Waals surface area (Å²) in [5, 5.41) is 10.1. The first-order valence-electron chi connectivity index (χ1n) is 6.11. The van der Waals surface area contributed by atoms with Crippen LogP contribution >= 0.6 is 0 Å². The quantitative estimate of drug-likeness (QED) is 0.888. The number of aryl methyl sites for hydroxylation is 3. The first-order chi connectivity index (χ1) is 9.01. The highest BCUT2D eigenvalue weighted by Crippen LogP contribution is 2.17. The molecule has 1 amide bonds. The van der Waals surface area contributed by atoms with Gasteiger partial charge in [-0.1, -0.05) is 0 Å². The van der Waals surface area contributed by atoms with Gasteiger partial charge in [0.05, 0.1) is 5.69 Å². The molecule has 0 radical (unpaired) electrons. The molecule has 1 heterocycles. The van der Waals surface area contributed by atoms with Crippen LogP contribution in [-0.2, 0) is 7.05 Å². The molecular weight excluding hydrogens is 240 g/mol. The molecule has 0 atom stereocenters. The van der Waals surface area contributed by atoms with E-state index in [1.54, 1.807) is 11.7 Å². The lowest BCUT2D eigenvalue weighted by Gasteiger charge is -2.09. The topological polar surface area (TPSA) is 59.0 Å². The zero-order valence-electron chi connectivity index (χ0n) is 11.6. The normalized spacial score (nSPS) is 10.3. The molecule has 0 unspecified atom stereocenters. The molecule has 0 saturated heterocycles. The molecule has 0 aliphatic heterocycles.